The molecule has 2 aromatic carbocycles. The number of alkyl halides is 1. The zero-order valence-corrected chi connectivity index (χ0v) is 24.0. The summed E-state index contributed by atoms with van der Waals surface area (Å²) >= 11 is 0. The molecule has 2 aliphatic rings. The molecule has 9 heteroatoms. The average molecular weight is 573 g/mol. The minimum absolute atomic E-state index is 0.109. The highest BCUT2D eigenvalue weighted by Crippen LogP contribution is 2.38. The van der Waals surface area contributed by atoms with Gasteiger partial charge in [0.1, 0.15) is 17.6 Å². The van der Waals surface area contributed by atoms with Crippen LogP contribution in [0.25, 0.3) is 10.9 Å². The van der Waals surface area contributed by atoms with Gasteiger partial charge in [0.2, 0.25) is 0 Å². The zero-order valence-electron chi connectivity index (χ0n) is 24.0. The summed E-state index contributed by atoms with van der Waals surface area (Å²) in [6.45, 7) is 5.19. The Morgan fingerprint density at radius 1 is 1.10 bits per heavy atom. The number of hydrogen-bond donors (Lipinski definition) is 1. The van der Waals surface area contributed by atoms with E-state index in [-0.39, 0.29) is 17.8 Å². The molecule has 2 saturated carbocycles. The minimum Gasteiger partial charge on any atom is -0.490 e. The van der Waals surface area contributed by atoms with E-state index in [9.17, 15) is 14.0 Å². The number of halogens is 1. The third-order valence-electron chi connectivity index (χ3n) is 8.15. The van der Waals surface area contributed by atoms with Crippen LogP contribution >= 0.6 is 0 Å². The summed E-state index contributed by atoms with van der Waals surface area (Å²) in [6.07, 6.45) is 6.84. The van der Waals surface area contributed by atoms with Gasteiger partial charge in [-0.1, -0.05) is 30.3 Å². The minimum atomic E-state index is -1.03. The summed E-state index contributed by atoms with van der Waals surface area (Å²) in [5, 5.41) is 8.42. The van der Waals surface area contributed by atoms with Crippen LogP contribution in [-0.4, -0.2) is 39.1 Å². The van der Waals surface area contributed by atoms with Gasteiger partial charge >= 0.3 is 0 Å². The molecule has 1 N–H and O–H groups in total. The van der Waals surface area contributed by atoms with Gasteiger partial charge in [-0.3, -0.25) is 14.3 Å². The first-order chi connectivity index (χ1) is 20.4. The molecule has 2 aliphatic carbocycles. The number of ether oxygens (including phenoxy) is 2. The maximum Gasteiger partial charge on any atom is 0.274 e. The first-order valence-electron chi connectivity index (χ1n) is 14.8. The van der Waals surface area contributed by atoms with Crippen molar-refractivity contribution in [2.45, 2.75) is 76.9 Å². The van der Waals surface area contributed by atoms with Crippen molar-refractivity contribution in [1.82, 2.24) is 14.3 Å². The van der Waals surface area contributed by atoms with Crippen LogP contribution < -0.4 is 15.6 Å². The van der Waals surface area contributed by atoms with Gasteiger partial charge in [0.25, 0.3) is 11.5 Å². The number of amides is 1. The monoisotopic (exact) mass is 572 g/mol. The number of benzene rings is 2. The average Bonchev–Trinajstić information content (AvgIpc) is 3.56. The second-order valence-electron chi connectivity index (χ2n) is 11.8. The summed E-state index contributed by atoms with van der Waals surface area (Å²) < 4.78 is 29.0. The lowest BCUT2D eigenvalue weighted by Gasteiger charge is -2.28. The highest BCUT2D eigenvalue weighted by molar-refractivity contribution is 6.08. The Kier molecular flexibility index (Phi) is 8.11. The fourth-order valence-electron chi connectivity index (χ4n) is 5.78. The van der Waals surface area contributed by atoms with Gasteiger partial charge in [0.15, 0.2) is 0 Å². The van der Waals surface area contributed by atoms with Crippen LogP contribution in [0.4, 0.5) is 10.1 Å². The Morgan fingerprint density at radius 3 is 2.57 bits per heavy atom. The number of hydrogen-bond acceptors (Lipinski definition) is 5. The summed E-state index contributed by atoms with van der Waals surface area (Å²) in [6, 6.07) is 16.8. The normalized spacial score (nSPS) is 21.9. The molecule has 0 spiro atoms. The number of aromatic nitrogens is 3. The van der Waals surface area contributed by atoms with Crippen LogP contribution in [0.15, 0.2) is 71.8 Å². The fourth-order valence-corrected chi connectivity index (χ4v) is 5.78. The van der Waals surface area contributed by atoms with E-state index in [0.29, 0.717) is 30.3 Å². The second kappa shape index (κ2) is 12.1. The second-order valence-corrected chi connectivity index (χ2v) is 11.8. The highest BCUT2D eigenvalue weighted by Gasteiger charge is 2.40. The Labute approximate surface area is 244 Å². The van der Waals surface area contributed by atoms with Crippen molar-refractivity contribution in [2.75, 3.05) is 11.9 Å². The molecular formula is C33H37FN4O4. The fraction of sp³-hybridized carbons (Fsp3) is 0.424. The number of carbonyl (C=O) groups is 1. The first kappa shape index (κ1) is 28.2. The van der Waals surface area contributed by atoms with Crippen LogP contribution in [0.5, 0.6) is 5.75 Å². The maximum atomic E-state index is 13.6. The number of carbonyl (C=O) groups excluding carboxylic acids is 1. The Hall–Kier alpha value is -3.98. The van der Waals surface area contributed by atoms with Gasteiger partial charge in [0.05, 0.1) is 35.9 Å². The molecule has 42 heavy (non-hydrogen) atoms. The Morgan fingerprint density at radius 2 is 1.86 bits per heavy atom. The highest BCUT2D eigenvalue weighted by atomic mass is 19.1. The number of nitrogens with one attached hydrogen (secondary N) is 1. The quantitative estimate of drug-likeness (QED) is 0.235. The van der Waals surface area contributed by atoms with E-state index in [4.69, 9.17) is 14.6 Å². The smallest absolute Gasteiger partial charge is 0.274 e. The summed E-state index contributed by atoms with van der Waals surface area (Å²) in [5.41, 5.74) is 1.95. The van der Waals surface area contributed by atoms with Crippen molar-refractivity contribution >= 4 is 22.5 Å². The van der Waals surface area contributed by atoms with Crippen molar-refractivity contribution in [2.24, 2.45) is 5.92 Å². The molecule has 0 bridgehead atoms. The predicted octanol–water partition coefficient (Wildman–Crippen LogP) is 6.47. The van der Waals surface area contributed by atoms with Crippen molar-refractivity contribution in [3.05, 3.63) is 88.5 Å². The number of anilines is 1. The van der Waals surface area contributed by atoms with E-state index in [1.165, 1.54) is 16.2 Å². The van der Waals surface area contributed by atoms with E-state index in [0.717, 1.165) is 43.2 Å². The van der Waals surface area contributed by atoms with Gasteiger partial charge in [-0.15, -0.1) is 0 Å². The lowest BCUT2D eigenvalue weighted by molar-refractivity contribution is 0.0671. The topological polar surface area (TPSA) is 87.4 Å². The molecule has 2 aromatic heterocycles. The van der Waals surface area contributed by atoms with Crippen molar-refractivity contribution in [3.63, 3.8) is 0 Å². The van der Waals surface area contributed by atoms with Crippen LogP contribution in [0.2, 0.25) is 0 Å². The first-order valence-corrected chi connectivity index (χ1v) is 14.8. The van der Waals surface area contributed by atoms with E-state index < -0.39 is 23.7 Å². The standard InChI is InChI=1S/C33H37FN4O4/c1-21(2)42-31-17-29-24(15-26(31)32(39)35-28-9-6-14-37(33(28)40)30-16-27(30)34)18-38(36-29)25-12-10-23(11-13-25)20-41-19-22-7-4-3-5-8-22/h3-9,14-15,17-18,21,23,25,27,30H,10-13,16,19-20H2,1-2H3,(H,35,39)/t23?,25?,27-,30?/m0/s1. The molecular weight excluding hydrogens is 535 g/mol. The lowest BCUT2D eigenvalue weighted by atomic mass is 9.86. The Bertz CT molecular complexity index is 1610. The van der Waals surface area contributed by atoms with Crippen LogP contribution in [-0.2, 0) is 11.3 Å². The molecule has 0 saturated heterocycles. The lowest BCUT2D eigenvalue weighted by Crippen LogP contribution is -2.26. The molecule has 220 valence electrons. The molecule has 6 rings (SSSR count). The van der Waals surface area contributed by atoms with Crippen LogP contribution in [0.3, 0.4) is 0 Å². The van der Waals surface area contributed by atoms with Crippen molar-refractivity contribution < 1.29 is 18.7 Å². The van der Waals surface area contributed by atoms with Gasteiger partial charge in [-0.05, 0) is 69.2 Å². The number of nitrogens with zero attached hydrogens (tertiary/aromatic N) is 3. The van der Waals surface area contributed by atoms with E-state index in [1.807, 2.05) is 42.9 Å². The molecule has 1 amide bonds. The molecule has 0 radical (unpaired) electrons. The van der Waals surface area contributed by atoms with Gasteiger partial charge in [0, 0.05) is 36.9 Å². The summed E-state index contributed by atoms with van der Waals surface area (Å²) in [4.78, 5) is 26.3. The zero-order chi connectivity index (χ0) is 29.2. The Balaban J connectivity index is 1.15. The molecule has 1 unspecified atom stereocenters. The summed E-state index contributed by atoms with van der Waals surface area (Å²) in [7, 11) is 0. The van der Waals surface area contributed by atoms with Gasteiger partial charge < -0.3 is 19.4 Å². The third-order valence-corrected chi connectivity index (χ3v) is 8.15. The molecule has 4 aromatic rings. The maximum absolute atomic E-state index is 13.6. The van der Waals surface area contributed by atoms with Crippen molar-refractivity contribution in [3.8, 4) is 5.75 Å². The van der Waals surface area contributed by atoms with Gasteiger partial charge in [-0.25, -0.2) is 4.39 Å². The van der Waals surface area contributed by atoms with E-state index in [1.54, 1.807) is 24.4 Å². The summed E-state index contributed by atoms with van der Waals surface area (Å²) in [5.74, 6) is 0.482. The third kappa shape index (κ3) is 6.26. The molecule has 0 aliphatic heterocycles. The number of fused-ring (bicyclic) bond motifs is 1. The molecule has 2 fully saturated rings. The predicted molar refractivity (Wildman–Crippen MR) is 160 cm³/mol. The van der Waals surface area contributed by atoms with Crippen molar-refractivity contribution in [1.29, 1.82) is 0 Å². The van der Waals surface area contributed by atoms with E-state index in [2.05, 4.69) is 17.4 Å². The molecule has 2 atom stereocenters. The largest absolute Gasteiger partial charge is 0.490 e. The number of rotatable bonds is 10. The van der Waals surface area contributed by atoms with Crippen LogP contribution in [0.1, 0.15) is 74.0 Å². The molecule has 2 heterocycles. The molecule has 8 nitrogen and oxygen atoms in total. The van der Waals surface area contributed by atoms with E-state index >= 15 is 0 Å². The van der Waals surface area contributed by atoms with Crippen LogP contribution in [0, 0.1) is 5.92 Å². The SMILES string of the molecule is CC(C)Oc1cc2nn(C3CCC(COCc4ccccc4)CC3)cc2cc1C(=O)Nc1cccn(C2C[C@@H]2F)c1=O. The van der Waals surface area contributed by atoms with Gasteiger partial charge in [-0.2, -0.15) is 5.10 Å². The number of pyridine rings is 1.